The van der Waals surface area contributed by atoms with Gasteiger partial charge in [-0.25, -0.2) is 14.2 Å². The summed E-state index contributed by atoms with van der Waals surface area (Å²) >= 11 is 0. The molecule has 0 saturated heterocycles. The standard InChI is InChI=1S/C19H18FN5O4/c1-11-17(25(28)29)9-8-16(22-11)14-10-21-23(3)18(14)24(19(26)27)12(2)13-6-4-5-7-15(13)20/h4-10,12H,1-3H3,(H,26,27). The molecule has 2 aromatic heterocycles. The van der Waals surface area contributed by atoms with Crippen LogP contribution in [0.2, 0.25) is 0 Å². The minimum absolute atomic E-state index is 0.144. The van der Waals surface area contributed by atoms with E-state index in [2.05, 4.69) is 10.1 Å². The van der Waals surface area contributed by atoms with E-state index in [1.807, 2.05) is 0 Å². The minimum Gasteiger partial charge on any atom is -0.465 e. The van der Waals surface area contributed by atoms with Crippen molar-refractivity contribution in [2.24, 2.45) is 7.05 Å². The second-order valence-corrected chi connectivity index (χ2v) is 6.41. The normalized spacial score (nSPS) is 11.9. The van der Waals surface area contributed by atoms with E-state index < -0.39 is 22.9 Å². The van der Waals surface area contributed by atoms with Crippen LogP contribution in [0.4, 0.5) is 20.7 Å². The highest BCUT2D eigenvalue weighted by molar-refractivity contribution is 5.91. The van der Waals surface area contributed by atoms with Gasteiger partial charge in [0.25, 0.3) is 5.69 Å². The smallest absolute Gasteiger partial charge is 0.413 e. The number of carbonyl (C=O) groups is 1. The number of amides is 1. The largest absolute Gasteiger partial charge is 0.465 e. The molecule has 9 nitrogen and oxygen atoms in total. The average Bonchev–Trinajstić information content (AvgIpc) is 3.03. The number of hydrogen-bond donors (Lipinski definition) is 1. The topological polar surface area (TPSA) is 114 Å². The maximum atomic E-state index is 14.3. The summed E-state index contributed by atoms with van der Waals surface area (Å²) in [5.74, 6) is -0.353. The van der Waals surface area contributed by atoms with Crippen molar-refractivity contribution in [3.8, 4) is 11.3 Å². The fourth-order valence-electron chi connectivity index (χ4n) is 3.19. The molecule has 1 amide bonds. The zero-order valence-electron chi connectivity index (χ0n) is 15.9. The van der Waals surface area contributed by atoms with Crippen molar-refractivity contribution in [2.45, 2.75) is 19.9 Å². The van der Waals surface area contributed by atoms with Gasteiger partial charge in [-0.1, -0.05) is 18.2 Å². The predicted molar refractivity (Wildman–Crippen MR) is 103 cm³/mol. The fraction of sp³-hybridized carbons (Fsp3) is 0.211. The molecular weight excluding hydrogens is 381 g/mol. The molecule has 0 radical (unpaired) electrons. The molecule has 1 aromatic carbocycles. The molecule has 29 heavy (non-hydrogen) atoms. The van der Waals surface area contributed by atoms with E-state index in [0.29, 0.717) is 11.3 Å². The highest BCUT2D eigenvalue weighted by atomic mass is 19.1. The van der Waals surface area contributed by atoms with Crippen molar-refractivity contribution >= 4 is 17.6 Å². The lowest BCUT2D eigenvalue weighted by Crippen LogP contribution is -2.34. The van der Waals surface area contributed by atoms with Gasteiger partial charge in [-0.05, 0) is 26.0 Å². The summed E-state index contributed by atoms with van der Waals surface area (Å²) in [7, 11) is 1.56. The SMILES string of the molecule is Cc1nc(-c2cnn(C)c2N(C(=O)O)C(C)c2ccccc2F)ccc1[N+](=O)[O-]. The molecule has 0 aliphatic rings. The molecule has 1 atom stereocenters. The van der Waals surface area contributed by atoms with Crippen molar-refractivity contribution in [2.75, 3.05) is 4.90 Å². The number of benzene rings is 1. The summed E-state index contributed by atoms with van der Waals surface area (Å²) in [4.78, 5) is 27.9. The highest BCUT2D eigenvalue weighted by Gasteiger charge is 2.30. The van der Waals surface area contributed by atoms with Gasteiger partial charge in [0, 0.05) is 18.7 Å². The van der Waals surface area contributed by atoms with E-state index in [-0.39, 0.29) is 22.8 Å². The van der Waals surface area contributed by atoms with E-state index in [4.69, 9.17) is 0 Å². The number of nitrogens with zero attached hydrogens (tertiary/aromatic N) is 5. The first kappa shape index (κ1) is 19.9. The van der Waals surface area contributed by atoms with Crippen LogP contribution in [0.15, 0.2) is 42.6 Å². The molecule has 0 spiro atoms. The lowest BCUT2D eigenvalue weighted by molar-refractivity contribution is -0.385. The molecule has 10 heteroatoms. The van der Waals surface area contributed by atoms with Crippen LogP contribution < -0.4 is 4.90 Å². The van der Waals surface area contributed by atoms with E-state index in [0.717, 1.165) is 4.90 Å². The number of anilines is 1. The Bertz CT molecular complexity index is 1100. The second kappa shape index (κ2) is 7.66. The molecule has 0 saturated carbocycles. The summed E-state index contributed by atoms with van der Waals surface area (Å²) in [6.07, 6.45) is 0.122. The number of nitro groups is 1. The summed E-state index contributed by atoms with van der Waals surface area (Å²) in [6, 6.07) is 7.80. The molecule has 2 heterocycles. The summed E-state index contributed by atoms with van der Waals surface area (Å²) in [5, 5.41) is 25.1. The minimum atomic E-state index is -1.30. The molecule has 150 valence electrons. The van der Waals surface area contributed by atoms with E-state index >= 15 is 0 Å². The van der Waals surface area contributed by atoms with Crippen molar-refractivity contribution < 1.29 is 19.2 Å². The first-order valence-electron chi connectivity index (χ1n) is 8.63. The number of carboxylic acid groups (broad SMARTS) is 1. The Balaban J connectivity index is 2.14. The van der Waals surface area contributed by atoms with Crippen LogP contribution in [-0.2, 0) is 7.05 Å². The number of aryl methyl sites for hydroxylation is 2. The van der Waals surface area contributed by atoms with Gasteiger partial charge in [-0.15, -0.1) is 0 Å². The van der Waals surface area contributed by atoms with Gasteiger partial charge >= 0.3 is 6.09 Å². The van der Waals surface area contributed by atoms with Gasteiger partial charge in [0.1, 0.15) is 17.3 Å². The molecular formula is C19H18FN5O4. The lowest BCUT2D eigenvalue weighted by Gasteiger charge is -2.27. The number of rotatable bonds is 5. The quantitative estimate of drug-likeness (QED) is 0.511. The monoisotopic (exact) mass is 399 g/mol. The Kier molecular flexibility index (Phi) is 5.26. The zero-order valence-corrected chi connectivity index (χ0v) is 15.9. The molecule has 3 aromatic rings. The maximum Gasteiger partial charge on any atom is 0.413 e. The Morgan fingerprint density at radius 2 is 2.00 bits per heavy atom. The van der Waals surface area contributed by atoms with Crippen LogP contribution in [0, 0.1) is 22.9 Å². The number of aromatic nitrogens is 3. The van der Waals surface area contributed by atoms with Gasteiger partial charge in [-0.3, -0.25) is 19.7 Å². The van der Waals surface area contributed by atoms with Crippen molar-refractivity contribution in [1.82, 2.24) is 14.8 Å². The third-order valence-corrected chi connectivity index (χ3v) is 4.61. The first-order chi connectivity index (χ1) is 13.7. The third kappa shape index (κ3) is 3.64. The van der Waals surface area contributed by atoms with E-state index in [9.17, 15) is 24.4 Å². The average molecular weight is 399 g/mol. The van der Waals surface area contributed by atoms with Crippen molar-refractivity contribution in [1.29, 1.82) is 0 Å². The third-order valence-electron chi connectivity index (χ3n) is 4.61. The zero-order chi connectivity index (χ0) is 21.3. The van der Waals surface area contributed by atoms with Crippen molar-refractivity contribution in [3.63, 3.8) is 0 Å². The number of pyridine rings is 1. The summed E-state index contributed by atoms with van der Waals surface area (Å²) in [6.45, 7) is 3.06. The molecule has 0 aliphatic carbocycles. The van der Waals surface area contributed by atoms with Crippen molar-refractivity contribution in [3.05, 3.63) is 69.8 Å². The van der Waals surface area contributed by atoms with Crippen LogP contribution in [0.3, 0.4) is 0 Å². The van der Waals surface area contributed by atoms with Gasteiger partial charge < -0.3 is 5.11 Å². The van der Waals surface area contributed by atoms with Crippen LogP contribution in [0.1, 0.15) is 24.2 Å². The van der Waals surface area contributed by atoms with Gasteiger partial charge in [-0.2, -0.15) is 5.10 Å². The molecule has 0 bridgehead atoms. The van der Waals surface area contributed by atoms with Gasteiger partial charge in [0.2, 0.25) is 0 Å². The summed E-state index contributed by atoms with van der Waals surface area (Å²) in [5.41, 5.74) is 0.925. The fourth-order valence-corrected chi connectivity index (χ4v) is 3.19. The molecule has 0 aliphatic heterocycles. The van der Waals surface area contributed by atoms with E-state index in [1.165, 1.54) is 48.1 Å². The second-order valence-electron chi connectivity index (χ2n) is 6.41. The van der Waals surface area contributed by atoms with Crippen LogP contribution in [-0.4, -0.2) is 30.9 Å². The highest BCUT2D eigenvalue weighted by Crippen LogP contribution is 2.36. The van der Waals surface area contributed by atoms with Crippen LogP contribution >= 0.6 is 0 Å². The Labute approximate surface area is 165 Å². The van der Waals surface area contributed by atoms with Gasteiger partial charge in [0.05, 0.1) is 28.4 Å². The van der Waals surface area contributed by atoms with Crippen LogP contribution in [0.5, 0.6) is 0 Å². The molecule has 1 unspecified atom stereocenters. The molecule has 0 fully saturated rings. The number of hydrogen-bond acceptors (Lipinski definition) is 5. The lowest BCUT2D eigenvalue weighted by atomic mass is 10.1. The Morgan fingerprint density at radius 3 is 2.59 bits per heavy atom. The molecule has 3 rings (SSSR count). The predicted octanol–water partition coefficient (Wildman–Crippen LogP) is 4.08. The summed E-state index contributed by atoms with van der Waals surface area (Å²) < 4.78 is 15.6. The Morgan fingerprint density at radius 1 is 1.31 bits per heavy atom. The Hall–Kier alpha value is -3.82. The van der Waals surface area contributed by atoms with Crippen LogP contribution in [0.25, 0.3) is 11.3 Å². The van der Waals surface area contributed by atoms with E-state index in [1.54, 1.807) is 20.0 Å². The first-order valence-corrected chi connectivity index (χ1v) is 8.63. The number of halogens is 1. The molecule has 1 N–H and O–H groups in total. The maximum absolute atomic E-state index is 14.3. The van der Waals surface area contributed by atoms with Gasteiger partial charge in [0.15, 0.2) is 0 Å².